The second-order valence-electron chi connectivity index (χ2n) is 3.68. The lowest BCUT2D eigenvalue weighted by atomic mass is 10.3. The molecule has 1 amide bonds. The summed E-state index contributed by atoms with van der Waals surface area (Å²) in [7, 11) is -3.16. The standard InChI is InChI=1S/C8H15N3O3S2/c1-6-7(12)11(8(15)10-6)5-3-4-9-16(2,13)14/h6,9H,3-5H2,1-2H3,(H,10,15)/t6-/m1/s1. The van der Waals surface area contributed by atoms with Crippen molar-refractivity contribution in [3.8, 4) is 0 Å². The maximum Gasteiger partial charge on any atom is 0.250 e. The van der Waals surface area contributed by atoms with Crippen molar-refractivity contribution in [3.05, 3.63) is 0 Å². The van der Waals surface area contributed by atoms with Gasteiger partial charge in [-0.25, -0.2) is 13.1 Å². The third kappa shape index (κ3) is 3.69. The lowest BCUT2D eigenvalue weighted by Gasteiger charge is -2.14. The molecule has 1 atom stereocenters. The number of hydrogen-bond donors (Lipinski definition) is 2. The molecule has 1 aliphatic heterocycles. The summed E-state index contributed by atoms with van der Waals surface area (Å²) in [5, 5.41) is 3.26. The van der Waals surface area contributed by atoms with Crippen molar-refractivity contribution in [2.24, 2.45) is 0 Å². The summed E-state index contributed by atoms with van der Waals surface area (Å²) < 4.78 is 23.9. The van der Waals surface area contributed by atoms with E-state index in [9.17, 15) is 13.2 Å². The van der Waals surface area contributed by atoms with E-state index in [1.165, 1.54) is 4.90 Å². The number of nitrogens with one attached hydrogen (secondary N) is 2. The average Bonchev–Trinajstić information content (AvgIpc) is 2.36. The fourth-order valence-electron chi connectivity index (χ4n) is 1.37. The Morgan fingerprint density at radius 2 is 2.19 bits per heavy atom. The van der Waals surface area contributed by atoms with Crippen LogP contribution in [0.15, 0.2) is 0 Å². The molecule has 0 aromatic carbocycles. The minimum atomic E-state index is -3.16. The molecule has 0 unspecified atom stereocenters. The van der Waals surface area contributed by atoms with Crippen LogP contribution in [-0.4, -0.2) is 49.7 Å². The van der Waals surface area contributed by atoms with Gasteiger partial charge in [-0.15, -0.1) is 0 Å². The molecule has 2 N–H and O–H groups in total. The Kier molecular flexibility index (Phi) is 4.22. The zero-order chi connectivity index (χ0) is 12.3. The van der Waals surface area contributed by atoms with Crippen molar-refractivity contribution < 1.29 is 13.2 Å². The van der Waals surface area contributed by atoms with Crippen LogP contribution in [-0.2, 0) is 14.8 Å². The van der Waals surface area contributed by atoms with Crippen molar-refractivity contribution in [2.45, 2.75) is 19.4 Å². The predicted octanol–water partition coefficient (Wildman–Crippen LogP) is -0.969. The summed E-state index contributed by atoms with van der Waals surface area (Å²) in [6.07, 6.45) is 1.63. The molecule has 0 aliphatic carbocycles. The highest BCUT2D eigenvalue weighted by Crippen LogP contribution is 2.06. The van der Waals surface area contributed by atoms with E-state index in [0.717, 1.165) is 6.26 Å². The van der Waals surface area contributed by atoms with Gasteiger partial charge in [0.25, 0.3) is 5.91 Å². The highest BCUT2D eigenvalue weighted by atomic mass is 32.2. The Bertz CT molecular complexity index is 393. The average molecular weight is 265 g/mol. The van der Waals surface area contributed by atoms with E-state index in [1.54, 1.807) is 6.92 Å². The van der Waals surface area contributed by atoms with Crippen LogP contribution in [0.3, 0.4) is 0 Å². The van der Waals surface area contributed by atoms with Crippen LogP contribution in [0, 0.1) is 0 Å². The molecule has 0 bridgehead atoms. The van der Waals surface area contributed by atoms with Crippen molar-refractivity contribution in [3.63, 3.8) is 0 Å². The number of nitrogens with zero attached hydrogens (tertiary/aromatic N) is 1. The number of thiocarbonyl (C=S) groups is 1. The Morgan fingerprint density at radius 3 is 2.62 bits per heavy atom. The van der Waals surface area contributed by atoms with Crippen molar-refractivity contribution in [1.82, 2.24) is 14.9 Å². The highest BCUT2D eigenvalue weighted by molar-refractivity contribution is 7.88. The number of sulfonamides is 1. The Morgan fingerprint density at radius 1 is 1.56 bits per heavy atom. The highest BCUT2D eigenvalue weighted by Gasteiger charge is 2.31. The van der Waals surface area contributed by atoms with Gasteiger partial charge in [0.05, 0.1) is 6.26 Å². The Balaban J connectivity index is 2.33. The first-order valence-electron chi connectivity index (χ1n) is 4.88. The van der Waals surface area contributed by atoms with Crippen molar-refractivity contribution in [2.75, 3.05) is 19.3 Å². The van der Waals surface area contributed by atoms with Crippen LogP contribution >= 0.6 is 12.2 Å². The quantitative estimate of drug-likeness (QED) is 0.494. The number of carbonyl (C=O) groups excluding carboxylic acids is 1. The SMILES string of the molecule is C[C@H]1NC(=S)N(CCCNS(C)(=O)=O)C1=O. The van der Waals surface area contributed by atoms with Gasteiger partial charge in [-0.2, -0.15) is 0 Å². The monoisotopic (exact) mass is 265 g/mol. The summed E-state index contributed by atoms with van der Waals surface area (Å²) in [5.41, 5.74) is 0. The zero-order valence-electron chi connectivity index (χ0n) is 9.19. The lowest BCUT2D eigenvalue weighted by molar-refractivity contribution is -0.126. The summed E-state index contributed by atoms with van der Waals surface area (Å²) in [5.74, 6) is -0.0654. The van der Waals surface area contributed by atoms with E-state index >= 15 is 0 Å². The summed E-state index contributed by atoms with van der Waals surface area (Å²) >= 11 is 4.97. The molecule has 0 spiro atoms. The molecule has 0 aromatic rings. The van der Waals surface area contributed by atoms with Gasteiger partial charge in [0, 0.05) is 13.1 Å². The van der Waals surface area contributed by atoms with E-state index < -0.39 is 10.0 Å². The first-order valence-corrected chi connectivity index (χ1v) is 7.18. The smallest absolute Gasteiger partial charge is 0.250 e. The van der Waals surface area contributed by atoms with E-state index in [-0.39, 0.29) is 11.9 Å². The number of carbonyl (C=O) groups is 1. The predicted molar refractivity (Wildman–Crippen MR) is 64.4 cm³/mol. The number of hydrogen-bond acceptors (Lipinski definition) is 4. The minimum Gasteiger partial charge on any atom is -0.351 e. The third-order valence-electron chi connectivity index (χ3n) is 2.14. The van der Waals surface area contributed by atoms with Gasteiger partial charge < -0.3 is 5.32 Å². The van der Waals surface area contributed by atoms with Gasteiger partial charge >= 0.3 is 0 Å². The summed E-state index contributed by atoms with van der Waals surface area (Å²) in [6, 6.07) is -0.282. The summed E-state index contributed by atoms with van der Waals surface area (Å²) in [6.45, 7) is 2.47. The summed E-state index contributed by atoms with van der Waals surface area (Å²) in [4.78, 5) is 13.0. The molecule has 0 saturated carbocycles. The maximum atomic E-state index is 11.5. The molecule has 6 nitrogen and oxygen atoms in total. The first kappa shape index (κ1) is 13.3. The van der Waals surface area contributed by atoms with Crippen molar-refractivity contribution in [1.29, 1.82) is 0 Å². The fourth-order valence-corrected chi connectivity index (χ4v) is 2.24. The molecule has 0 aromatic heterocycles. The zero-order valence-corrected chi connectivity index (χ0v) is 10.8. The van der Waals surface area contributed by atoms with Crippen LogP contribution in [0.2, 0.25) is 0 Å². The molecule has 1 saturated heterocycles. The molecular formula is C8H15N3O3S2. The van der Waals surface area contributed by atoms with Crippen LogP contribution in [0.25, 0.3) is 0 Å². The van der Waals surface area contributed by atoms with Gasteiger partial charge in [0.2, 0.25) is 10.0 Å². The molecule has 1 heterocycles. The normalized spacial score (nSPS) is 21.4. The second kappa shape index (κ2) is 5.07. The van der Waals surface area contributed by atoms with Gasteiger partial charge in [-0.05, 0) is 25.6 Å². The van der Waals surface area contributed by atoms with Crippen molar-refractivity contribution >= 4 is 33.3 Å². The van der Waals surface area contributed by atoms with Crippen LogP contribution in [0.4, 0.5) is 0 Å². The Labute approximate surface area is 100 Å². The van der Waals surface area contributed by atoms with Gasteiger partial charge in [0.15, 0.2) is 5.11 Å². The molecule has 1 fully saturated rings. The molecule has 16 heavy (non-hydrogen) atoms. The van der Waals surface area contributed by atoms with E-state index in [0.29, 0.717) is 24.6 Å². The topological polar surface area (TPSA) is 78.5 Å². The van der Waals surface area contributed by atoms with Gasteiger partial charge in [0.1, 0.15) is 6.04 Å². The van der Waals surface area contributed by atoms with Crippen LogP contribution in [0.5, 0.6) is 0 Å². The van der Waals surface area contributed by atoms with E-state index in [2.05, 4.69) is 10.0 Å². The van der Waals surface area contributed by atoms with Gasteiger partial charge in [-0.3, -0.25) is 9.69 Å². The third-order valence-corrected chi connectivity index (χ3v) is 3.21. The van der Waals surface area contributed by atoms with Crippen LogP contribution in [0.1, 0.15) is 13.3 Å². The van der Waals surface area contributed by atoms with Gasteiger partial charge in [-0.1, -0.05) is 0 Å². The maximum absolute atomic E-state index is 11.5. The molecule has 8 heteroatoms. The lowest BCUT2D eigenvalue weighted by Crippen LogP contribution is -2.34. The first-order chi connectivity index (χ1) is 7.31. The Hall–Kier alpha value is -0.730. The van der Waals surface area contributed by atoms with Crippen LogP contribution < -0.4 is 10.0 Å². The largest absolute Gasteiger partial charge is 0.351 e. The molecule has 1 rings (SSSR count). The van der Waals surface area contributed by atoms with E-state index in [1.807, 2.05) is 0 Å². The molecule has 92 valence electrons. The second-order valence-corrected chi connectivity index (χ2v) is 5.90. The minimum absolute atomic E-state index is 0.0654. The van der Waals surface area contributed by atoms with E-state index in [4.69, 9.17) is 12.2 Å². The molecule has 0 radical (unpaired) electrons. The molecular weight excluding hydrogens is 250 g/mol. The number of rotatable bonds is 5. The number of amides is 1. The molecule has 1 aliphatic rings. The fraction of sp³-hybridized carbons (Fsp3) is 0.750.